The molecule has 0 N–H and O–H groups in total. The first-order chi connectivity index (χ1) is 9.74. The lowest BCUT2D eigenvalue weighted by molar-refractivity contribution is -0.153. The van der Waals surface area contributed by atoms with Gasteiger partial charge in [-0.25, -0.2) is 0 Å². The van der Waals surface area contributed by atoms with Crippen LogP contribution in [0.15, 0.2) is 17.5 Å². The van der Waals surface area contributed by atoms with E-state index in [0.29, 0.717) is 13.2 Å². The van der Waals surface area contributed by atoms with Crippen molar-refractivity contribution in [2.24, 2.45) is 11.8 Å². The van der Waals surface area contributed by atoms with E-state index in [1.54, 1.807) is 11.3 Å². The van der Waals surface area contributed by atoms with Gasteiger partial charge in [-0.15, -0.1) is 11.3 Å². The van der Waals surface area contributed by atoms with E-state index < -0.39 is 0 Å². The van der Waals surface area contributed by atoms with Crippen LogP contribution in [0.3, 0.4) is 0 Å². The van der Waals surface area contributed by atoms with Crippen molar-refractivity contribution in [2.45, 2.75) is 32.3 Å². The van der Waals surface area contributed by atoms with Crippen LogP contribution >= 0.6 is 11.3 Å². The minimum atomic E-state index is -0.160. The Morgan fingerprint density at radius 1 is 1.30 bits per heavy atom. The molecular formula is C15H19NO3S. The van der Waals surface area contributed by atoms with Gasteiger partial charge in [-0.1, -0.05) is 6.07 Å². The number of ether oxygens (including phenoxy) is 1. The molecule has 4 nitrogen and oxygen atoms in total. The molecule has 1 aliphatic heterocycles. The number of esters is 1. The predicted molar refractivity (Wildman–Crippen MR) is 76.1 cm³/mol. The number of nitrogens with zero attached hydrogens (tertiary/aromatic N) is 1. The highest BCUT2D eigenvalue weighted by atomic mass is 32.1. The zero-order valence-electron chi connectivity index (χ0n) is 11.4. The van der Waals surface area contributed by atoms with Crippen LogP contribution in [0.25, 0.3) is 0 Å². The molecule has 3 rings (SSSR count). The molecule has 2 aliphatic rings. The van der Waals surface area contributed by atoms with Gasteiger partial charge in [-0.2, -0.15) is 0 Å². The fourth-order valence-electron chi connectivity index (χ4n) is 2.61. The highest BCUT2D eigenvalue weighted by Crippen LogP contribution is 2.32. The summed E-state index contributed by atoms with van der Waals surface area (Å²) >= 11 is 1.59. The SMILES string of the molecule is O=C(OCc1cccs1)C1CCCN(C(=O)C2CC2)C1. The third-order valence-corrected chi connectivity index (χ3v) is 4.78. The number of carbonyl (C=O) groups is 2. The van der Waals surface area contributed by atoms with Crippen LogP contribution < -0.4 is 0 Å². The summed E-state index contributed by atoms with van der Waals surface area (Å²) in [5.74, 6) is 0.162. The standard InChI is InChI=1S/C15H19NO3S/c17-14(11-5-6-11)16-7-1-3-12(9-16)15(18)19-10-13-4-2-8-20-13/h2,4,8,11-12H,1,3,5-7,9-10H2. The molecule has 1 aromatic heterocycles. The third-order valence-electron chi connectivity index (χ3n) is 3.93. The van der Waals surface area contributed by atoms with Gasteiger partial charge in [-0.3, -0.25) is 9.59 Å². The Hall–Kier alpha value is -1.36. The van der Waals surface area contributed by atoms with Gasteiger partial charge in [0.2, 0.25) is 5.91 Å². The maximum absolute atomic E-state index is 12.1. The number of hydrogen-bond acceptors (Lipinski definition) is 4. The van der Waals surface area contributed by atoms with Crippen molar-refractivity contribution in [3.05, 3.63) is 22.4 Å². The number of amides is 1. The minimum Gasteiger partial charge on any atom is -0.460 e. The molecule has 2 fully saturated rings. The van der Waals surface area contributed by atoms with Crippen molar-refractivity contribution >= 4 is 23.2 Å². The maximum Gasteiger partial charge on any atom is 0.311 e. The largest absolute Gasteiger partial charge is 0.460 e. The van der Waals surface area contributed by atoms with Crippen molar-refractivity contribution in [3.63, 3.8) is 0 Å². The van der Waals surface area contributed by atoms with E-state index in [2.05, 4.69) is 0 Å². The van der Waals surface area contributed by atoms with Crippen molar-refractivity contribution in [1.29, 1.82) is 0 Å². The lowest BCUT2D eigenvalue weighted by atomic mass is 9.98. The smallest absolute Gasteiger partial charge is 0.311 e. The molecule has 0 aromatic carbocycles. The summed E-state index contributed by atoms with van der Waals surface area (Å²) < 4.78 is 5.36. The van der Waals surface area contributed by atoms with E-state index in [9.17, 15) is 9.59 Å². The molecule has 1 amide bonds. The molecular weight excluding hydrogens is 274 g/mol. The summed E-state index contributed by atoms with van der Waals surface area (Å²) in [6.07, 6.45) is 3.76. The van der Waals surface area contributed by atoms with Crippen LogP contribution in [0.5, 0.6) is 0 Å². The number of piperidine rings is 1. The summed E-state index contributed by atoms with van der Waals surface area (Å²) in [6.45, 7) is 1.69. The molecule has 1 saturated heterocycles. The number of carbonyl (C=O) groups excluding carboxylic acids is 2. The molecule has 1 atom stereocenters. The second-order valence-corrected chi connectivity index (χ2v) is 6.62. The molecule has 5 heteroatoms. The number of likely N-dealkylation sites (tertiary alicyclic amines) is 1. The minimum absolute atomic E-state index is 0.147. The Labute approximate surface area is 122 Å². The van der Waals surface area contributed by atoms with E-state index >= 15 is 0 Å². The zero-order chi connectivity index (χ0) is 13.9. The Morgan fingerprint density at radius 3 is 2.85 bits per heavy atom. The van der Waals surface area contributed by atoms with E-state index in [1.165, 1.54) is 0 Å². The topological polar surface area (TPSA) is 46.6 Å². The summed E-state index contributed by atoms with van der Waals surface area (Å²) in [7, 11) is 0. The van der Waals surface area contributed by atoms with Gasteiger partial charge in [-0.05, 0) is 37.1 Å². The summed E-state index contributed by atoms with van der Waals surface area (Å²) in [4.78, 5) is 27.1. The van der Waals surface area contributed by atoms with Crippen LogP contribution in [-0.2, 0) is 20.9 Å². The van der Waals surface area contributed by atoms with Gasteiger partial charge in [0.15, 0.2) is 0 Å². The third kappa shape index (κ3) is 3.20. The number of hydrogen-bond donors (Lipinski definition) is 0. The van der Waals surface area contributed by atoms with Gasteiger partial charge in [0.1, 0.15) is 6.61 Å². The van der Waals surface area contributed by atoms with Crippen LogP contribution in [0.2, 0.25) is 0 Å². The van der Waals surface area contributed by atoms with E-state index in [1.807, 2.05) is 22.4 Å². The Bertz CT molecular complexity index is 481. The Balaban J connectivity index is 1.50. The lowest BCUT2D eigenvalue weighted by Crippen LogP contribution is -2.43. The Morgan fingerprint density at radius 2 is 2.15 bits per heavy atom. The molecule has 1 saturated carbocycles. The molecule has 1 aromatic rings. The van der Waals surface area contributed by atoms with Crippen molar-refractivity contribution in [1.82, 2.24) is 4.90 Å². The van der Waals surface area contributed by atoms with Crippen LogP contribution in [0.4, 0.5) is 0 Å². The van der Waals surface area contributed by atoms with Crippen molar-refractivity contribution in [3.8, 4) is 0 Å². The highest BCUT2D eigenvalue weighted by Gasteiger charge is 2.37. The first-order valence-corrected chi connectivity index (χ1v) is 8.10. The Kier molecular flexibility index (Phi) is 4.05. The first kappa shape index (κ1) is 13.6. The second kappa shape index (κ2) is 5.95. The highest BCUT2D eigenvalue weighted by molar-refractivity contribution is 7.09. The van der Waals surface area contributed by atoms with Gasteiger partial charge in [0.05, 0.1) is 5.92 Å². The fraction of sp³-hybridized carbons (Fsp3) is 0.600. The van der Waals surface area contributed by atoms with Gasteiger partial charge >= 0.3 is 5.97 Å². The van der Waals surface area contributed by atoms with Crippen LogP contribution in [-0.4, -0.2) is 29.9 Å². The lowest BCUT2D eigenvalue weighted by Gasteiger charge is -2.31. The van der Waals surface area contributed by atoms with Gasteiger partial charge in [0, 0.05) is 23.9 Å². The molecule has 20 heavy (non-hydrogen) atoms. The summed E-state index contributed by atoms with van der Waals surface area (Å²) in [6, 6.07) is 3.91. The molecule has 108 valence electrons. The normalized spacial score (nSPS) is 22.6. The molecule has 2 heterocycles. The fourth-order valence-corrected chi connectivity index (χ4v) is 3.23. The van der Waals surface area contributed by atoms with Crippen molar-refractivity contribution in [2.75, 3.05) is 13.1 Å². The molecule has 1 aliphatic carbocycles. The predicted octanol–water partition coefficient (Wildman–Crippen LogP) is 2.44. The molecule has 0 spiro atoms. The van der Waals surface area contributed by atoms with Crippen LogP contribution in [0, 0.1) is 11.8 Å². The summed E-state index contributed by atoms with van der Waals surface area (Å²) in [5, 5.41) is 1.97. The van der Waals surface area contributed by atoms with E-state index in [4.69, 9.17) is 4.74 Å². The molecule has 0 radical (unpaired) electrons. The average molecular weight is 293 g/mol. The number of thiophene rings is 1. The van der Waals surface area contributed by atoms with E-state index in [0.717, 1.165) is 37.1 Å². The maximum atomic E-state index is 12.1. The van der Waals surface area contributed by atoms with E-state index in [-0.39, 0.29) is 23.7 Å². The van der Waals surface area contributed by atoms with Crippen molar-refractivity contribution < 1.29 is 14.3 Å². The van der Waals surface area contributed by atoms with Crippen LogP contribution in [0.1, 0.15) is 30.6 Å². The molecule has 1 unspecified atom stereocenters. The quantitative estimate of drug-likeness (QED) is 0.801. The zero-order valence-corrected chi connectivity index (χ0v) is 12.2. The van der Waals surface area contributed by atoms with Gasteiger partial charge in [0.25, 0.3) is 0 Å². The summed E-state index contributed by atoms with van der Waals surface area (Å²) in [5.41, 5.74) is 0. The average Bonchev–Trinajstić information content (AvgIpc) is 3.20. The van der Waals surface area contributed by atoms with Gasteiger partial charge < -0.3 is 9.64 Å². The number of rotatable bonds is 4. The monoisotopic (exact) mass is 293 g/mol. The first-order valence-electron chi connectivity index (χ1n) is 7.22. The second-order valence-electron chi connectivity index (χ2n) is 5.58. The molecule has 0 bridgehead atoms.